The minimum absolute atomic E-state index is 0.313. The summed E-state index contributed by atoms with van der Waals surface area (Å²) in [4.78, 5) is 81.2. The third-order valence-corrected chi connectivity index (χ3v) is 5.21. The van der Waals surface area contributed by atoms with Gasteiger partial charge < -0.3 is 28.7 Å². The van der Waals surface area contributed by atoms with Crippen molar-refractivity contribution in [1.29, 1.82) is 0 Å². The second-order valence-corrected chi connectivity index (χ2v) is 14.9. The normalized spacial score (nSPS) is 12.3. The lowest BCUT2D eigenvalue weighted by Gasteiger charge is -2.30. The maximum atomic E-state index is 13.5. The van der Waals surface area contributed by atoms with Crippen molar-refractivity contribution in [2.75, 3.05) is 45.8 Å². The molecule has 0 aliphatic heterocycles. The fraction of sp³-hybridized carbons (Fsp3) is 0.812. The van der Waals surface area contributed by atoms with E-state index in [1.54, 1.807) is 88.0 Å². The molecule has 260 valence electrons. The molecule has 0 unspecified atom stereocenters. The van der Waals surface area contributed by atoms with Crippen LogP contribution in [0.4, 0.5) is 0 Å². The molecule has 0 aromatic rings. The molecule has 45 heavy (non-hydrogen) atoms. The highest BCUT2D eigenvalue weighted by Crippen LogP contribution is 2.13. The second kappa shape index (κ2) is 17.5. The van der Waals surface area contributed by atoms with Gasteiger partial charge in [-0.15, -0.1) is 0 Å². The van der Waals surface area contributed by atoms with Crippen molar-refractivity contribution in [3.8, 4) is 0 Å². The van der Waals surface area contributed by atoms with Crippen molar-refractivity contribution in [3.05, 3.63) is 0 Å². The highest BCUT2D eigenvalue weighted by atomic mass is 16.6. The van der Waals surface area contributed by atoms with E-state index in [0.717, 1.165) is 16.2 Å². The van der Waals surface area contributed by atoms with Crippen molar-refractivity contribution in [3.63, 3.8) is 0 Å². The zero-order chi connectivity index (χ0) is 35.4. The molecule has 0 spiro atoms. The number of amides is 2. The van der Waals surface area contributed by atoms with Crippen LogP contribution in [0, 0.1) is 0 Å². The van der Waals surface area contributed by atoms with Crippen LogP contribution in [-0.4, -0.2) is 119 Å². The predicted octanol–water partition coefficient (Wildman–Crippen LogP) is 3.11. The lowest BCUT2D eigenvalue weighted by Crippen LogP contribution is -2.50. The largest absolute Gasteiger partial charge is 0.459 e. The summed E-state index contributed by atoms with van der Waals surface area (Å²) in [6.07, 6.45) is 1.37. The first-order valence-corrected chi connectivity index (χ1v) is 15.3. The number of hydrogen-bond acceptors (Lipinski definition) is 11. The number of rotatable bonds is 15. The Hall–Kier alpha value is -3.22. The molecule has 0 radical (unpaired) electrons. The third kappa shape index (κ3) is 22.0. The Morgan fingerprint density at radius 3 is 0.889 bits per heavy atom. The number of ether oxygens (including phenoxy) is 4. The van der Waals surface area contributed by atoms with E-state index in [0.29, 0.717) is 13.0 Å². The molecule has 13 heteroatoms. The van der Waals surface area contributed by atoms with E-state index in [1.807, 2.05) is 6.92 Å². The molecule has 0 rings (SSSR count). The standard InChI is InChI=1S/C32H57N3O10/c1-14-15-16-33(17-23(36)34(19-25(38)42-29(2,3)4)20-26(39)43-30(5,6)7)18-24(37)35(21-27(40)44-31(8,9)10)22-28(41)45-32(11,12)13/h14-22H2,1-13H3. The van der Waals surface area contributed by atoms with Gasteiger partial charge in [0.05, 0.1) is 13.1 Å². The van der Waals surface area contributed by atoms with Gasteiger partial charge in [0.25, 0.3) is 0 Å². The molecule has 13 nitrogen and oxygen atoms in total. The predicted molar refractivity (Wildman–Crippen MR) is 168 cm³/mol. The van der Waals surface area contributed by atoms with Crippen LogP contribution in [0.5, 0.6) is 0 Å². The Labute approximate surface area is 269 Å². The van der Waals surface area contributed by atoms with E-state index in [2.05, 4.69) is 0 Å². The van der Waals surface area contributed by atoms with Crippen LogP contribution in [0.1, 0.15) is 103 Å². The van der Waals surface area contributed by atoms with E-state index in [1.165, 1.54) is 0 Å². The van der Waals surface area contributed by atoms with Crippen molar-refractivity contribution >= 4 is 35.7 Å². The van der Waals surface area contributed by atoms with Gasteiger partial charge in [0.15, 0.2) is 0 Å². The summed E-state index contributed by atoms with van der Waals surface area (Å²) < 4.78 is 21.5. The summed E-state index contributed by atoms with van der Waals surface area (Å²) in [6.45, 7) is 19.8. The Balaban J connectivity index is 6.09. The van der Waals surface area contributed by atoms with Crippen LogP contribution in [-0.2, 0) is 47.7 Å². The first-order valence-electron chi connectivity index (χ1n) is 15.3. The van der Waals surface area contributed by atoms with Crippen molar-refractivity contribution < 1.29 is 47.7 Å². The fourth-order valence-corrected chi connectivity index (χ4v) is 3.76. The van der Waals surface area contributed by atoms with Gasteiger partial charge >= 0.3 is 23.9 Å². The van der Waals surface area contributed by atoms with Crippen LogP contribution in [0.15, 0.2) is 0 Å². The van der Waals surface area contributed by atoms with Gasteiger partial charge in [0.1, 0.15) is 48.6 Å². The first-order chi connectivity index (χ1) is 20.2. The smallest absolute Gasteiger partial charge is 0.326 e. The monoisotopic (exact) mass is 643 g/mol. The number of esters is 4. The number of carbonyl (C=O) groups is 6. The molecule has 0 heterocycles. The fourth-order valence-electron chi connectivity index (χ4n) is 3.76. The van der Waals surface area contributed by atoms with Gasteiger partial charge in [0, 0.05) is 0 Å². The Morgan fingerprint density at radius 1 is 0.444 bits per heavy atom. The highest BCUT2D eigenvalue weighted by molar-refractivity contribution is 5.89. The van der Waals surface area contributed by atoms with Crippen LogP contribution >= 0.6 is 0 Å². The molecule has 0 N–H and O–H groups in total. The Bertz CT molecular complexity index is 892. The molecule has 0 aliphatic rings. The molecule has 2 amide bonds. The SMILES string of the molecule is CCCCN(CC(=O)N(CC(=O)OC(C)(C)C)CC(=O)OC(C)(C)C)CC(=O)N(CC(=O)OC(C)(C)C)CC(=O)OC(C)(C)C. The number of carbonyl (C=O) groups excluding carboxylic acids is 6. The van der Waals surface area contributed by atoms with E-state index in [4.69, 9.17) is 18.9 Å². The summed E-state index contributed by atoms with van der Waals surface area (Å²) in [5.41, 5.74) is -3.27. The third-order valence-electron chi connectivity index (χ3n) is 5.21. The van der Waals surface area contributed by atoms with Crippen LogP contribution in [0.2, 0.25) is 0 Å². The molecule has 0 atom stereocenters. The van der Waals surface area contributed by atoms with Crippen LogP contribution < -0.4 is 0 Å². The molecular weight excluding hydrogens is 586 g/mol. The Kier molecular flexibility index (Phi) is 16.2. The van der Waals surface area contributed by atoms with Gasteiger partial charge in [-0.05, 0) is 96.1 Å². The summed E-state index contributed by atoms with van der Waals surface area (Å²) in [6, 6.07) is 0. The maximum absolute atomic E-state index is 13.5. The van der Waals surface area contributed by atoms with Gasteiger partial charge in [-0.1, -0.05) is 13.3 Å². The van der Waals surface area contributed by atoms with Gasteiger partial charge in [-0.3, -0.25) is 33.7 Å². The summed E-state index contributed by atoms with van der Waals surface area (Å²) in [7, 11) is 0. The number of hydrogen-bond donors (Lipinski definition) is 0. The van der Waals surface area contributed by atoms with Crippen LogP contribution in [0.25, 0.3) is 0 Å². The summed E-state index contributed by atoms with van der Waals surface area (Å²) in [5, 5.41) is 0. The summed E-state index contributed by atoms with van der Waals surface area (Å²) in [5.74, 6) is -4.07. The van der Waals surface area contributed by atoms with Gasteiger partial charge in [-0.25, -0.2) is 0 Å². The topological polar surface area (TPSA) is 149 Å². The van der Waals surface area contributed by atoms with Crippen molar-refractivity contribution in [1.82, 2.24) is 14.7 Å². The zero-order valence-corrected chi connectivity index (χ0v) is 29.8. The average Bonchev–Trinajstić information content (AvgIpc) is 2.76. The van der Waals surface area contributed by atoms with Crippen LogP contribution in [0.3, 0.4) is 0 Å². The molecular formula is C32H57N3O10. The summed E-state index contributed by atoms with van der Waals surface area (Å²) >= 11 is 0. The Morgan fingerprint density at radius 2 is 0.689 bits per heavy atom. The molecule has 0 saturated carbocycles. The molecule has 0 saturated heterocycles. The first kappa shape index (κ1) is 41.8. The number of nitrogens with zero attached hydrogens (tertiary/aromatic N) is 3. The molecule has 0 aliphatic carbocycles. The van der Waals surface area contributed by atoms with Crippen molar-refractivity contribution in [2.24, 2.45) is 0 Å². The van der Waals surface area contributed by atoms with Gasteiger partial charge in [0.2, 0.25) is 11.8 Å². The average molecular weight is 644 g/mol. The molecule has 0 fully saturated rings. The lowest BCUT2D eigenvalue weighted by atomic mass is 10.2. The van der Waals surface area contributed by atoms with E-state index < -0.39 is 84.3 Å². The van der Waals surface area contributed by atoms with E-state index >= 15 is 0 Å². The minimum Gasteiger partial charge on any atom is -0.459 e. The quantitative estimate of drug-likeness (QED) is 0.191. The molecule has 0 aromatic heterocycles. The zero-order valence-electron chi connectivity index (χ0n) is 29.8. The van der Waals surface area contributed by atoms with E-state index in [-0.39, 0.29) is 13.1 Å². The highest BCUT2D eigenvalue weighted by Gasteiger charge is 2.30. The lowest BCUT2D eigenvalue weighted by molar-refractivity contribution is -0.164. The number of unbranched alkanes of at least 4 members (excludes halogenated alkanes) is 1. The minimum atomic E-state index is -0.816. The van der Waals surface area contributed by atoms with E-state index in [9.17, 15) is 28.8 Å². The molecule has 0 aromatic carbocycles. The van der Waals surface area contributed by atoms with Crippen molar-refractivity contribution in [2.45, 2.75) is 125 Å². The van der Waals surface area contributed by atoms with Gasteiger partial charge in [-0.2, -0.15) is 0 Å². The molecule has 0 bridgehead atoms. The maximum Gasteiger partial charge on any atom is 0.326 e. The second-order valence-electron chi connectivity index (χ2n) is 14.9.